The van der Waals surface area contributed by atoms with Gasteiger partial charge in [-0.15, -0.1) is 5.10 Å². The van der Waals surface area contributed by atoms with Crippen LogP contribution in [0.3, 0.4) is 0 Å². The molecule has 1 amide bonds. The number of benzene rings is 1. The Hall–Kier alpha value is -2.14. The average molecular weight is 425 g/mol. The maximum Gasteiger partial charge on any atom is 0.307 e. The second kappa shape index (κ2) is 13.2. The molecular formula is C19H28N4O5S. The number of nitrogens with zero attached hydrogens (tertiary/aromatic N) is 2. The number of carbonyl (C=O) groups excluding carboxylic acids is 1. The number of rotatable bonds is 14. The van der Waals surface area contributed by atoms with Gasteiger partial charge in [0.1, 0.15) is 10.8 Å². The lowest BCUT2D eigenvalue weighted by atomic mass is 10.1. The molecule has 1 heterocycles. The third-order valence-electron chi connectivity index (χ3n) is 3.94. The van der Waals surface area contributed by atoms with Crippen LogP contribution in [-0.2, 0) is 20.3 Å². The predicted molar refractivity (Wildman–Crippen MR) is 109 cm³/mol. The number of nitrogens with two attached hydrogens (primary N) is 1. The Balaban J connectivity index is 1.61. The van der Waals surface area contributed by atoms with Gasteiger partial charge < -0.3 is 24.9 Å². The number of unbranched alkanes of at least 4 members (excludes halogenated alkanes) is 2. The van der Waals surface area contributed by atoms with E-state index in [2.05, 4.69) is 15.5 Å². The Morgan fingerprint density at radius 3 is 2.45 bits per heavy atom. The van der Waals surface area contributed by atoms with E-state index in [1.54, 1.807) is 24.3 Å². The molecule has 2 aromatic rings. The van der Waals surface area contributed by atoms with E-state index in [9.17, 15) is 9.00 Å². The molecule has 2 rings (SSSR count). The highest BCUT2D eigenvalue weighted by molar-refractivity contribution is 7.84. The SMILES string of the molecule is CS(=O)c1nnc(-c2ccc(C(=O)NCCOCCOCCCCCN)cc2)o1. The van der Waals surface area contributed by atoms with Crippen LogP contribution in [0, 0.1) is 0 Å². The number of hydrogen-bond acceptors (Lipinski definition) is 8. The van der Waals surface area contributed by atoms with Crippen LogP contribution in [0.2, 0.25) is 0 Å². The quantitative estimate of drug-likeness (QED) is 0.435. The Morgan fingerprint density at radius 2 is 1.79 bits per heavy atom. The lowest BCUT2D eigenvalue weighted by Gasteiger charge is -2.07. The van der Waals surface area contributed by atoms with E-state index in [1.807, 2.05) is 0 Å². The van der Waals surface area contributed by atoms with Crippen molar-refractivity contribution in [3.63, 3.8) is 0 Å². The maximum absolute atomic E-state index is 12.2. The molecule has 3 N–H and O–H groups in total. The smallest absolute Gasteiger partial charge is 0.307 e. The van der Waals surface area contributed by atoms with Gasteiger partial charge in [-0.05, 0) is 50.1 Å². The van der Waals surface area contributed by atoms with Crippen LogP contribution in [0.4, 0.5) is 0 Å². The van der Waals surface area contributed by atoms with Crippen LogP contribution in [-0.4, -0.2) is 66.1 Å². The highest BCUT2D eigenvalue weighted by Crippen LogP contribution is 2.19. The van der Waals surface area contributed by atoms with E-state index in [1.165, 1.54) is 6.26 Å². The van der Waals surface area contributed by atoms with Crippen molar-refractivity contribution in [1.82, 2.24) is 15.5 Å². The third-order valence-corrected chi connectivity index (χ3v) is 4.60. The van der Waals surface area contributed by atoms with Crippen molar-refractivity contribution in [3.05, 3.63) is 29.8 Å². The van der Waals surface area contributed by atoms with Crippen molar-refractivity contribution in [2.45, 2.75) is 24.5 Å². The van der Waals surface area contributed by atoms with Crippen LogP contribution in [0.15, 0.2) is 33.9 Å². The summed E-state index contributed by atoms with van der Waals surface area (Å²) in [5.74, 6) is 0.0642. The fraction of sp³-hybridized carbons (Fsp3) is 0.526. The number of aromatic nitrogens is 2. The van der Waals surface area contributed by atoms with Gasteiger partial charge in [0.15, 0.2) is 0 Å². The molecule has 10 heteroatoms. The van der Waals surface area contributed by atoms with Crippen LogP contribution in [0.5, 0.6) is 0 Å². The van der Waals surface area contributed by atoms with Gasteiger partial charge in [-0.25, -0.2) is 4.21 Å². The first-order valence-electron chi connectivity index (χ1n) is 9.53. The Morgan fingerprint density at radius 1 is 1.07 bits per heavy atom. The predicted octanol–water partition coefficient (Wildman–Crippen LogP) is 1.37. The summed E-state index contributed by atoms with van der Waals surface area (Å²) >= 11 is 0. The molecule has 160 valence electrons. The van der Waals surface area contributed by atoms with E-state index in [4.69, 9.17) is 19.6 Å². The minimum Gasteiger partial charge on any atom is -0.410 e. The van der Waals surface area contributed by atoms with Gasteiger partial charge in [0, 0.05) is 30.5 Å². The molecule has 0 bridgehead atoms. The van der Waals surface area contributed by atoms with Crippen LogP contribution < -0.4 is 11.1 Å². The van der Waals surface area contributed by atoms with Crippen molar-refractivity contribution in [2.75, 3.05) is 45.8 Å². The molecule has 0 saturated heterocycles. The monoisotopic (exact) mass is 424 g/mol. The minimum absolute atomic E-state index is 0.0683. The van der Waals surface area contributed by atoms with Gasteiger partial charge >= 0.3 is 5.22 Å². The highest BCUT2D eigenvalue weighted by Gasteiger charge is 2.12. The highest BCUT2D eigenvalue weighted by atomic mass is 32.2. The van der Waals surface area contributed by atoms with Gasteiger partial charge in [0.2, 0.25) is 5.89 Å². The summed E-state index contributed by atoms with van der Waals surface area (Å²) in [4.78, 5) is 12.2. The maximum atomic E-state index is 12.2. The summed E-state index contributed by atoms with van der Waals surface area (Å²) < 4.78 is 27.5. The first-order chi connectivity index (χ1) is 14.1. The molecule has 1 unspecified atom stereocenters. The fourth-order valence-electron chi connectivity index (χ4n) is 2.39. The number of hydrogen-bond donors (Lipinski definition) is 2. The molecule has 0 saturated carbocycles. The van der Waals surface area contributed by atoms with Crippen molar-refractivity contribution in [2.24, 2.45) is 5.73 Å². The lowest BCUT2D eigenvalue weighted by Crippen LogP contribution is -2.27. The van der Waals surface area contributed by atoms with Gasteiger partial charge in [-0.3, -0.25) is 4.79 Å². The summed E-state index contributed by atoms with van der Waals surface area (Å²) in [5, 5.41) is 10.4. The summed E-state index contributed by atoms with van der Waals surface area (Å²) in [6.45, 7) is 3.31. The number of ether oxygens (including phenoxy) is 2. The molecular weight excluding hydrogens is 396 g/mol. The molecule has 0 radical (unpaired) electrons. The van der Waals surface area contributed by atoms with E-state index >= 15 is 0 Å². The fourth-order valence-corrected chi connectivity index (χ4v) is 2.74. The normalized spacial score (nSPS) is 12.1. The molecule has 1 atom stereocenters. The van der Waals surface area contributed by atoms with Gasteiger partial charge in [0.05, 0.1) is 19.8 Å². The first-order valence-corrected chi connectivity index (χ1v) is 11.1. The zero-order valence-corrected chi connectivity index (χ0v) is 17.4. The van der Waals surface area contributed by atoms with Crippen LogP contribution in [0.25, 0.3) is 11.5 Å². The molecule has 1 aromatic carbocycles. The zero-order valence-electron chi connectivity index (χ0n) is 16.6. The molecule has 0 aliphatic heterocycles. The lowest BCUT2D eigenvalue weighted by molar-refractivity contribution is 0.0469. The summed E-state index contributed by atoms with van der Waals surface area (Å²) in [6, 6.07) is 6.73. The molecule has 9 nitrogen and oxygen atoms in total. The van der Waals surface area contributed by atoms with E-state index in [0.717, 1.165) is 32.4 Å². The second-order valence-electron chi connectivity index (χ2n) is 6.23. The van der Waals surface area contributed by atoms with Gasteiger partial charge in [-0.2, -0.15) is 0 Å². The number of nitrogens with one attached hydrogen (secondary N) is 1. The van der Waals surface area contributed by atoms with Crippen molar-refractivity contribution >= 4 is 16.7 Å². The average Bonchev–Trinajstić information content (AvgIpc) is 3.22. The molecule has 29 heavy (non-hydrogen) atoms. The first kappa shape index (κ1) is 23.1. The van der Waals surface area contributed by atoms with Crippen LogP contribution in [0.1, 0.15) is 29.6 Å². The molecule has 0 fully saturated rings. The topological polar surface area (TPSA) is 130 Å². The largest absolute Gasteiger partial charge is 0.410 e. The number of carbonyl (C=O) groups is 1. The molecule has 0 aliphatic rings. The van der Waals surface area contributed by atoms with Gasteiger partial charge in [-0.1, -0.05) is 5.10 Å². The molecule has 0 aliphatic carbocycles. The zero-order chi connectivity index (χ0) is 20.9. The van der Waals surface area contributed by atoms with Gasteiger partial charge in [0.25, 0.3) is 5.91 Å². The third kappa shape index (κ3) is 8.40. The van der Waals surface area contributed by atoms with E-state index < -0.39 is 10.8 Å². The van der Waals surface area contributed by atoms with Crippen molar-refractivity contribution in [1.29, 1.82) is 0 Å². The Kier molecular flexibility index (Phi) is 10.5. The summed E-state index contributed by atoms with van der Waals surface area (Å²) in [6.07, 6.45) is 4.59. The van der Waals surface area contributed by atoms with Crippen molar-refractivity contribution < 1.29 is 22.9 Å². The standard InChI is InChI=1S/C19H28N4O5S/c1-29(25)19-23-22-18(28-19)16-7-5-15(6-8-16)17(24)21-10-12-27-14-13-26-11-4-2-3-9-20/h5-8H,2-4,9-14,20H2,1H3,(H,21,24). The Labute approximate surface area is 172 Å². The second-order valence-corrected chi connectivity index (χ2v) is 7.49. The van der Waals surface area contributed by atoms with E-state index in [0.29, 0.717) is 37.5 Å². The van der Waals surface area contributed by atoms with Crippen LogP contribution >= 0.6 is 0 Å². The van der Waals surface area contributed by atoms with E-state index in [-0.39, 0.29) is 17.0 Å². The minimum atomic E-state index is -1.33. The molecule has 0 spiro atoms. The summed E-state index contributed by atoms with van der Waals surface area (Å²) in [7, 11) is -1.33. The van der Waals surface area contributed by atoms with Crippen molar-refractivity contribution in [3.8, 4) is 11.5 Å². The summed E-state index contributed by atoms with van der Waals surface area (Å²) in [5.41, 5.74) is 6.59. The number of amides is 1. The molecule has 1 aromatic heterocycles. The Bertz CT molecular complexity index is 766.